The van der Waals surface area contributed by atoms with Crippen LogP contribution in [0.4, 0.5) is 0 Å². The van der Waals surface area contributed by atoms with Crippen LogP contribution in [0.15, 0.2) is 30.9 Å². The van der Waals surface area contributed by atoms with Crippen molar-refractivity contribution in [1.82, 2.24) is 29.7 Å². The highest BCUT2D eigenvalue weighted by Crippen LogP contribution is 2.35. The predicted molar refractivity (Wildman–Crippen MR) is 120 cm³/mol. The zero-order chi connectivity index (χ0) is 23.8. The molecule has 2 aliphatic heterocycles. The van der Waals surface area contributed by atoms with E-state index in [4.69, 9.17) is 20.5 Å². The van der Waals surface area contributed by atoms with Gasteiger partial charge in [-0.25, -0.2) is 9.97 Å². The lowest BCUT2D eigenvalue weighted by Gasteiger charge is -2.38. The van der Waals surface area contributed by atoms with E-state index in [1.807, 2.05) is 24.4 Å². The van der Waals surface area contributed by atoms with Gasteiger partial charge < -0.3 is 20.3 Å². The van der Waals surface area contributed by atoms with Crippen LogP contribution in [0.5, 0.6) is 5.88 Å². The van der Waals surface area contributed by atoms with Gasteiger partial charge >= 0.3 is 0 Å². The second kappa shape index (κ2) is 9.09. The van der Waals surface area contributed by atoms with Crippen LogP contribution in [0.25, 0.3) is 5.95 Å². The van der Waals surface area contributed by atoms with E-state index in [-0.39, 0.29) is 23.7 Å². The first kappa shape index (κ1) is 22.4. The van der Waals surface area contributed by atoms with Gasteiger partial charge in [0, 0.05) is 37.4 Å². The Kier molecular flexibility index (Phi) is 5.99. The summed E-state index contributed by atoms with van der Waals surface area (Å²) in [6, 6.07) is 6.03. The molecule has 1 fully saturated rings. The molecular weight excluding hydrogens is 436 g/mol. The molecule has 2 aromatic heterocycles. The summed E-state index contributed by atoms with van der Waals surface area (Å²) in [5.74, 6) is 0.601. The third kappa shape index (κ3) is 4.13. The van der Waals surface area contributed by atoms with E-state index in [1.165, 1.54) is 13.3 Å². The van der Waals surface area contributed by atoms with E-state index < -0.39 is 6.29 Å². The van der Waals surface area contributed by atoms with Crippen molar-refractivity contribution in [1.29, 1.82) is 5.26 Å². The molecule has 1 unspecified atom stereocenters. The van der Waals surface area contributed by atoms with Gasteiger partial charge in [0.1, 0.15) is 18.0 Å². The maximum atomic E-state index is 9.99. The maximum absolute atomic E-state index is 9.99. The summed E-state index contributed by atoms with van der Waals surface area (Å²) >= 11 is 0. The molecule has 0 amide bonds. The highest BCUT2D eigenvalue weighted by molar-refractivity contribution is 5.44. The molecule has 0 saturated carbocycles. The minimum Gasteiger partial charge on any atom is -0.480 e. The molecule has 11 nitrogen and oxygen atoms in total. The molecule has 0 aliphatic carbocycles. The molecule has 3 atom stereocenters. The summed E-state index contributed by atoms with van der Waals surface area (Å²) < 4.78 is 12.3. The summed E-state index contributed by atoms with van der Waals surface area (Å²) in [5.41, 5.74) is 11.6. The Morgan fingerprint density at radius 1 is 1.32 bits per heavy atom. The Balaban J connectivity index is 1.32. The Bertz CT molecular complexity index is 1250. The van der Waals surface area contributed by atoms with Crippen molar-refractivity contribution in [2.75, 3.05) is 20.2 Å². The van der Waals surface area contributed by atoms with Gasteiger partial charge in [-0.15, -0.1) is 0 Å². The van der Waals surface area contributed by atoms with Crippen LogP contribution in [-0.2, 0) is 17.9 Å². The second-order valence-corrected chi connectivity index (χ2v) is 8.51. The van der Waals surface area contributed by atoms with E-state index >= 15 is 0 Å². The maximum Gasteiger partial charge on any atom is 0.238 e. The quantitative estimate of drug-likeness (QED) is 0.497. The van der Waals surface area contributed by atoms with E-state index in [9.17, 15) is 5.11 Å². The first-order valence-corrected chi connectivity index (χ1v) is 11.0. The van der Waals surface area contributed by atoms with Gasteiger partial charge in [0.15, 0.2) is 6.29 Å². The number of rotatable bonds is 5. The number of aromatic nitrogens is 4. The van der Waals surface area contributed by atoms with Gasteiger partial charge in [0.25, 0.3) is 0 Å². The fourth-order valence-corrected chi connectivity index (χ4v) is 4.64. The zero-order valence-electron chi connectivity index (χ0n) is 19.0. The van der Waals surface area contributed by atoms with Crippen molar-refractivity contribution in [3.8, 4) is 17.9 Å². The van der Waals surface area contributed by atoms with Crippen molar-refractivity contribution >= 4 is 0 Å². The van der Waals surface area contributed by atoms with Gasteiger partial charge in [0.2, 0.25) is 11.8 Å². The number of hydrogen-bond donors (Lipinski definition) is 3. The van der Waals surface area contributed by atoms with Crippen molar-refractivity contribution < 1.29 is 14.6 Å². The number of aliphatic hydroxyl groups is 1. The van der Waals surface area contributed by atoms with Gasteiger partial charge in [-0.3, -0.25) is 14.8 Å². The van der Waals surface area contributed by atoms with E-state index in [1.54, 1.807) is 10.9 Å². The molecule has 176 valence electrons. The van der Waals surface area contributed by atoms with Crippen molar-refractivity contribution in [2.45, 2.75) is 38.6 Å². The van der Waals surface area contributed by atoms with Crippen molar-refractivity contribution in [3.05, 3.63) is 64.4 Å². The van der Waals surface area contributed by atoms with E-state index in [0.29, 0.717) is 25.6 Å². The lowest BCUT2D eigenvalue weighted by atomic mass is 9.92. The molecule has 34 heavy (non-hydrogen) atoms. The van der Waals surface area contributed by atoms with E-state index in [2.05, 4.69) is 32.1 Å². The molecule has 4 N–H and O–H groups in total. The SMILES string of the molecule is COc1nc(-n2cnc(CN3C[C@@H](c4ccc5c(c4C)COC5O)N[C@@H](N)C3)c2)ncc1C#N. The van der Waals surface area contributed by atoms with Crippen LogP contribution in [0.1, 0.15) is 45.8 Å². The number of nitrogens with zero attached hydrogens (tertiary/aromatic N) is 6. The summed E-state index contributed by atoms with van der Waals surface area (Å²) in [4.78, 5) is 15.3. The zero-order valence-corrected chi connectivity index (χ0v) is 19.0. The smallest absolute Gasteiger partial charge is 0.238 e. The number of piperazine rings is 1. The highest BCUT2D eigenvalue weighted by Gasteiger charge is 2.30. The number of imidazole rings is 1. The molecular formula is C23H26N8O3. The Morgan fingerprint density at radius 2 is 2.15 bits per heavy atom. The standard InChI is InChI=1S/C23H26N8O3/c1-13-16(3-4-17-18(13)11-34-22(17)32)19-9-30(10-20(25)28-19)7-15-8-31(12-27-15)23-26-6-14(5-24)21(29-23)33-2/h3-4,6,8,12,19-20,22,28,32H,7,9-11,25H2,1-2H3/t19-,20+,22?/m0/s1. The number of aliphatic hydroxyl groups excluding tert-OH is 1. The fraction of sp³-hybridized carbons (Fsp3) is 0.391. The average Bonchev–Trinajstić information content (AvgIpc) is 3.45. The monoisotopic (exact) mass is 462 g/mol. The molecule has 11 heteroatoms. The van der Waals surface area contributed by atoms with Gasteiger partial charge in [0.05, 0.1) is 31.8 Å². The van der Waals surface area contributed by atoms with Gasteiger partial charge in [-0.05, 0) is 23.6 Å². The summed E-state index contributed by atoms with van der Waals surface area (Å²) in [7, 11) is 1.47. The minimum atomic E-state index is -0.851. The average molecular weight is 463 g/mol. The summed E-state index contributed by atoms with van der Waals surface area (Å²) in [6.45, 7) is 4.52. The first-order chi connectivity index (χ1) is 16.5. The van der Waals surface area contributed by atoms with Crippen LogP contribution < -0.4 is 15.8 Å². The lowest BCUT2D eigenvalue weighted by Crippen LogP contribution is -2.56. The summed E-state index contributed by atoms with van der Waals surface area (Å²) in [6.07, 6.45) is 3.90. The highest BCUT2D eigenvalue weighted by atomic mass is 16.6. The van der Waals surface area contributed by atoms with Gasteiger partial charge in [-0.1, -0.05) is 12.1 Å². The minimum absolute atomic E-state index is 0.0417. The number of hydrogen-bond acceptors (Lipinski definition) is 10. The number of methoxy groups -OCH3 is 1. The van der Waals surface area contributed by atoms with Gasteiger partial charge in [-0.2, -0.15) is 10.2 Å². The van der Waals surface area contributed by atoms with Crippen LogP contribution in [-0.4, -0.2) is 55.9 Å². The number of nitrogens with two attached hydrogens (primary N) is 1. The van der Waals surface area contributed by atoms with Crippen molar-refractivity contribution in [3.63, 3.8) is 0 Å². The molecule has 0 spiro atoms. The largest absolute Gasteiger partial charge is 0.480 e. The van der Waals surface area contributed by atoms with Crippen LogP contribution >= 0.6 is 0 Å². The molecule has 3 aromatic rings. The third-order valence-corrected chi connectivity index (χ3v) is 6.32. The third-order valence-electron chi connectivity index (χ3n) is 6.32. The molecule has 1 saturated heterocycles. The molecule has 4 heterocycles. The number of ether oxygens (including phenoxy) is 2. The number of nitriles is 1. The van der Waals surface area contributed by atoms with Crippen LogP contribution in [0.2, 0.25) is 0 Å². The van der Waals surface area contributed by atoms with E-state index in [0.717, 1.165) is 34.5 Å². The number of nitrogens with one attached hydrogen (secondary N) is 1. The number of fused-ring (bicyclic) bond motifs is 1. The predicted octanol–water partition coefficient (Wildman–Crippen LogP) is 0.803. The molecule has 5 rings (SSSR count). The first-order valence-electron chi connectivity index (χ1n) is 11.0. The molecule has 0 bridgehead atoms. The molecule has 1 aromatic carbocycles. The van der Waals surface area contributed by atoms with Crippen molar-refractivity contribution in [2.24, 2.45) is 5.73 Å². The lowest BCUT2D eigenvalue weighted by molar-refractivity contribution is -0.0918. The normalized spacial score (nSPS) is 22.4. The molecule has 2 aliphatic rings. The van der Waals surface area contributed by atoms with Crippen LogP contribution in [0, 0.1) is 18.3 Å². The Morgan fingerprint density at radius 3 is 2.94 bits per heavy atom. The molecule has 0 radical (unpaired) electrons. The number of benzene rings is 1. The topological polar surface area (TPSA) is 147 Å². The fourth-order valence-electron chi connectivity index (χ4n) is 4.64. The summed E-state index contributed by atoms with van der Waals surface area (Å²) in [5, 5.41) is 22.6. The Hall–Kier alpha value is -3.40. The van der Waals surface area contributed by atoms with Crippen LogP contribution in [0.3, 0.4) is 0 Å². The Labute approximate surface area is 196 Å². The second-order valence-electron chi connectivity index (χ2n) is 8.51.